The van der Waals surface area contributed by atoms with E-state index in [1.807, 2.05) is 36.0 Å². The van der Waals surface area contributed by atoms with Crippen LogP contribution in [-0.2, 0) is 0 Å². The van der Waals surface area contributed by atoms with Crippen LogP contribution in [0.4, 0.5) is 17.1 Å². The normalized spacial score (nSPS) is 10.2. The summed E-state index contributed by atoms with van der Waals surface area (Å²) >= 11 is 1.84. The molecule has 0 heterocycles. The average molecular weight is 244 g/mol. The molecular formula is C14H16N2S. The first-order chi connectivity index (χ1) is 8.29. The summed E-state index contributed by atoms with van der Waals surface area (Å²) in [7, 11) is 0. The molecule has 3 N–H and O–H groups in total. The first-order valence-electron chi connectivity index (χ1n) is 5.64. The van der Waals surface area contributed by atoms with Crippen LogP contribution in [0.5, 0.6) is 0 Å². The largest absolute Gasteiger partial charge is 0.397 e. The number of rotatable bonds is 4. The van der Waals surface area contributed by atoms with Crippen molar-refractivity contribution in [3.8, 4) is 0 Å². The molecular weight excluding hydrogens is 228 g/mol. The molecule has 0 spiro atoms. The highest BCUT2D eigenvalue weighted by molar-refractivity contribution is 7.99. The molecule has 2 aromatic rings. The quantitative estimate of drug-likeness (QED) is 0.627. The minimum atomic E-state index is 0.763. The van der Waals surface area contributed by atoms with Gasteiger partial charge < -0.3 is 11.1 Å². The van der Waals surface area contributed by atoms with Gasteiger partial charge in [-0.1, -0.05) is 19.1 Å². The van der Waals surface area contributed by atoms with Gasteiger partial charge in [-0.25, -0.2) is 0 Å². The van der Waals surface area contributed by atoms with Gasteiger partial charge in [0.2, 0.25) is 0 Å². The zero-order valence-corrected chi connectivity index (χ0v) is 10.6. The second kappa shape index (κ2) is 5.64. The monoisotopic (exact) mass is 244 g/mol. The lowest BCUT2D eigenvalue weighted by Gasteiger charge is -2.09. The number of para-hydroxylation sites is 2. The van der Waals surface area contributed by atoms with E-state index in [-0.39, 0.29) is 0 Å². The molecule has 0 amide bonds. The molecule has 17 heavy (non-hydrogen) atoms. The first kappa shape index (κ1) is 11.9. The summed E-state index contributed by atoms with van der Waals surface area (Å²) in [6, 6.07) is 16.2. The molecule has 0 saturated carbocycles. The van der Waals surface area contributed by atoms with E-state index in [1.54, 1.807) is 0 Å². The van der Waals surface area contributed by atoms with Crippen molar-refractivity contribution in [3.63, 3.8) is 0 Å². The van der Waals surface area contributed by atoms with Crippen molar-refractivity contribution in [2.75, 3.05) is 16.8 Å². The second-order valence-corrected chi connectivity index (χ2v) is 5.01. The average Bonchev–Trinajstić information content (AvgIpc) is 2.35. The molecule has 3 heteroatoms. The number of nitrogen functional groups attached to an aromatic ring is 1. The summed E-state index contributed by atoms with van der Waals surface area (Å²) in [6.07, 6.45) is 0. The van der Waals surface area contributed by atoms with Gasteiger partial charge in [0.05, 0.1) is 11.4 Å². The third kappa shape index (κ3) is 3.17. The number of nitrogens with two attached hydrogens (primary N) is 1. The lowest BCUT2D eigenvalue weighted by atomic mass is 10.2. The van der Waals surface area contributed by atoms with Gasteiger partial charge in [-0.15, -0.1) is 11.8 Å². The Balaban J connectivity index is 2.11. The van der Waals surface area contributed by atoms with Gasteiger partial charge >= 0.3 is 0 Å². The number of anilines is 3. The molecule has 2 rings (SSSR count). The molecule has 0 aromatic heterocycles. The van der Waals surface area contributed by atoms with Crippen molar-refractivity contribution in [2.24, 2.45) is 0 Å². The van der Waals surface area contributed by atoms with Crippen LogP contribution < -0.4 is 11.1 Å². The van der Waals surface area contributed by atoms with Crippen LogP contribution in [0, 0.1) is 0 Å². The van der Waals surface area contributed by atoms with Gasteiger partial charge in [-0.2, -0.15) is 0 Å². The summed E-state index contributed by atoms with van der Waals surface area (Å²) < 4.78 is 0. The Morgan fingerprint density at radius 2 is 1.76 bits per heavy atom. The molecule has 0 fully saturated rings. The molecule has 0 aliphatic heterocycles. The zero-order chi connectivity index (χ0) is 12.1. The van der Waals surface area contributed by atoms with E-state index >= 15 is 0 Å². The maximum Gasteiger partial charge on any atom is 0.0617 e. The third-order valence-corrected chi connectivity index (χ3v) is 3.30. The van der Waals surface area contributed by atoms with E-state index in [2.05, 4.69) is 36.5 Å². The van der Waals surface area contributed by atoms with Gasteiger partial charge in [0.25, 0.3) is 0 Å². The lowest BCUT2D eigenvalue weighted by molar-refractivity contribution is 1.42. The Hall–Kier alpha value is -1.61. The minimum absolute atomic E-state index is 0.763. The topological polar surface area (TPSA) is 38.0 Å². The summed E-state index contributed by atoms with van der Waals surface area (Å²) in [6.45, 7) is 2.15. The Morgan fingerprint density at radius 1 is 1.06 bits per heavy atom. The van der Waals surface area contributed by atoms with Crippen LogP contribution in [0.3, 0.4) is 0 Å². The molecule has 0 aliphatic rings. The van der Waals surface area contributed by atoms with E-state index in [9.17, 15) is 0 Å². The SMILES string of the molecule is CCSc1ccc(Nc2ccccc2N)cc1. The van der Waals surface area contributed by atoms with Crippen LogP contribution in [0.2, 0.25) is 0 Å². The van der Waals surface area contributed by atoms with Crippen LogP contribution in [0.1, 0.15) is 6.92 Å². The van der Waals surface area contributed by atoms with E-state index in [1.165, 1.54) is 4.90 Å². The molecule has 88 valence electrons. The predicted molar refractivity (Wildman–Crippen MR) is 77.0 cm³/mol. The van der Waals surface area contributed by atoms with Crippen LogP contribution in [0.15, 0.2) is 53.4 Å². The van der Waals surface area contributed by atoms with Crippen LogP contribution in [-0.4, -0.2) is 5.75 Å². The van der Waals surface area contributed by atoms with E-state index < -0.39 is 0 Å². The molecule has 0 atom stereocenters. The number of hydrogen-bond donors (Lipinski definition) is 2. The van der Waals surface area contributed by atoms with Gasteiger partial charge in [-0.3, -0.25) is 0 Å². The minimum Gasteiger partial charge on any atom is -0.397 e. The highest BCUT2D eigenvalue weighted by atomic mass is 32.2. The molecule has 0 unspecified atom stereocenters. The summed E-state index contributed by atoms with van der Waals surface area (Å²) in [5.74, 6) is 1.10. The van der Waals surface area contributed by atoms with Crippen molar-refractivity contribution in [1.29, 1.82) is 0 Å². The van der Waals surface area contributed by atoms with E-state index in [0.29, 0.717) is 0 Å². The fourth-order valence-electron chi connectivity index (χ4n) is 1.57. The zero-order valence-electron chi connectivity index (χ0n) is 9.81. The molecule has 0 radical (unpaired) electrons. The summed E-state index contributed by atoms with van der Waals surface area (Å²) in [5.41, 5.74) is 8.65. The summed E-state index contributed by atoms with van der Waals surface area (Å²) in [5, 5.41) is 3.31. The van der Waals surface area contributed by atoms with Gasteiger partial charge in [-0.05, 0) is 42.2 Å². The Morgan fingerprint density at radius 3 is 2.41 bits per heavy atom. The fraction of sp³-hybridized carbons (Fsp3) is 0.143. The van der Waals surface area contributed by atoms with E-state index in [4.69, 9.17) is 5.73 Å². The molecule has 2 aromatic carbocycles. The maximum absolute atomic E-state index is 5.88. The molecule has 0 saturated heterocycles. The summed E-state index contributed by atoms with van der Waals surface area (Å²) in [4.78, 5) is 1.29. The Labute approximate surface area is 106 Å². The predicted octanol–water partition coefficient (Wildman–Crippen LogP) is 4.12. The maximum atomic E-state index is 5.88. The standard InChI is InChI=1S/C14H16N2S/c1-2-17-12-9-7-11(8-10-12)16-14-6-4-3-5-13(14)15/h3-10,16H,2,15H2,1H3. The number of thioether (sulfide) groups is 1. The highest BCUT2D eigenvalue weighted by Crippen LogP contribution is 2.24. The second-order valence-electron chi connectivity index (χ2n) is 3.67. The van der Waals surface area contributed by atoms with Crippen LogP contribution >= 0.6 is 11.8 Å². The highest BCUT2D eigenvalue weighted by Gasteiger charge is 1.98. The number of benzene rings is 2. The smallest absolute Gasteiger partial charge is 0.0617 e. The first-order valence-corrected chi connectivity index (χ1v) is 6.62. The van der Waals surface area contributed by atoms with Crippen molar-refractivity contribution in [1.82, 2.24) is 0 Å². The molecule has 0 bridgehead atoms. The fourth-order valence-corrected chi connectivity index (χ4v) is 2.23. The van der Waals surface area contributed by atoms with Crippen molar-refractivity contribution in [3.05, 3.63) is 48.5 Å². The lowest BCUT2D eigenvalue weighted by Crippen LogP contribution is -1.95. The number of nitrogens with one attached hydrogen (secondary N) is 1. The van der Waals surface area contributed by atoms with Crippen molar-refractivity contribution >= 4 is 28.8 Å². The molecule has 2 nitrogen and oxygen atoms in total. The molecule has 0 aliphatic carbocycles. The van der Waals surface area contributed by atoms with Crippen molar-refractivity contribution < 1.29 is 0 Å². The van der Waals surface area contributed by atoms with E-state index in [0.717, 1.165) is 22.8 Å². The Bertz CT molecular complexity index is 480. The van der Waals surface area contributed by atoms with Crippen molar-refractivity contribution in [2.45, 2.75) is 11.8 Å². The van der Waals surface area contributed by atoms with Gasteiger partial charge in [0, 0.05) is 10.6 Å². The van der Waals surface area contributed by atoms with Gasteiger partial charge in [0.15, 0.2) is 0 Å². The van der Waals surface area contributed by atoms with Crippen LogP contribution in [0.25, 0.3) is 0 Å². The third-order valence-electron chi connectivity index (χ3n) is 2.41. The number of hydrogen-bond acceptors (Lipinski definition) is 3. The van der Waals surface area contributed by atoms with Gasteiger partial charge in [0.1, 0.15) is 0 Å². The Kier molecular flexibility index (Phi) is 3.94.